The van der Waals surface area contributed by atoms with Crippen LogP contribution in [0.25, 0.3) is 11.0 Å². The standard InChI is InChI=1S/C25H24FN3O5S/c1-27(35(32,33)19-10-11-21-22(14-19)29(3)25(31)28(21)2)15-23(30)18-9-12-24(20(26)13-18)34-16-17-7-5-4-6-8-17/h4-14H,15-16H2,1-3H3. The maximum absolute atomic E-state index is 14.5. The number of fused-ring (bicyclic) bond motifs is 1. The third kappa shape index (κ3) is 4.75. The topological polar surface area (TPSA) is 90.6 Å². The largest absolute Gasteiger partial charge is 0.486 e. The maximum Gasteiger partial charge on any atom is 0.328 e. The number of ether oxygens (including phenoxy) is 1. The number of sulfonamides is 1. The average Bonchev–Trinajstić information content (AvgIpc) is 3.07. The molecule has 0 aliphatic carbocycles. The number of Topliss-reactive ketones (excluding diaryl/α,β-unsaturated/α-hetero) is 1. The summed E-state index contributed by atoms with van der Waals surface area (Å²) in [5.41, 5.74) is 1.65. The summed E-state index contributed by atoms with van der Waals surface area (Å²) in [5.74, 6) is -1.29. The van der Waals surface area contributed by atoms with Gasteiger partial charge >= 0.3 is 5.69 Å². The molecule has 0 aliphatic rings. The number of aryl methyl sites for hydroxylation is 2. The lowest BCUT2D eigenvalue weighted by atomic mass is 10.1. The van der Waals surface area contributed by atoms with Crippen LogP contribution in [0.1, 0.15) is 15.9 Å². The monoisotopic (exact) mass is 497 g/mol. The quantitative estimate of drug-likeness (QED) is 0.349. The van der Waals surface area contributed by atoms with E-state index in [4.69, 9.17) is 4.74 Å². The van der Waals surface area contributed by atoms with Crippen LogP contribution in [0.15, 0.2) is 76.4 Å². The number of aromatic nitrogens is 2. The molecule has 3 aromatic carbocycles. The van der Waals surface area contributed by atoms with Gasteiger partial charge in [0.2, 0.25) is 10.0 Å². The first kappa shape index (κ1) is 24.4. The van der Waals surface area contributed by atoms with Crippen molar-refractivity contribution in [3.8, 4) is 5.75 Å². The molecule has 8 nitrogen and oxygen atoms in total. The first-order valence-electron chi connectivity index (χ1n) is 10.7. The molecule has 1 aromatic heterocycles. The lowest BCUT2D eigenvalue weighted by Gasteiger charge is -2.17. The number of imidazole rings is 1. The predicted molar refractivity (Wildman–Crippen MR) is 129 cm³/mol. The smallest absolute Gasteiger partial charge is 0.328 e. The van der Waals surface area contributed by atoms with Crippen LogP contribution in [0.5, 0.6) is 5.75 Å². The summed E-state index contributed by atoms with van der Waals surface area (Å²) in [6.07, 6.45) is 0. The molecular weight excluding hydrogens is 473 g/mol. The van der Waals surface area contributed by atoms with E-state index in [0.29, 0.717) is 11.0 Å². The molecular formula is C25H24FN3O5S. The normalized spacial score (nSPS) is 11.8. The van der Waals surface area contributed by atoms with Crippen molar-refractivity contribution < 1.29 is 22.3 Å². The van der Waals surface area contributed by atoms with E-state index in [1.165, 1.54) is 40.4 Å². The Kier molecular flexibility index (Phi) is 6.60. The SMILES string of the molecule is CN(CC(=O)c1ccc(OCc2ccccc2)c(F)c1)S(=O)(=O)c1ccc2c(c1)n(C)c(=O)n2C. The summed E-state index contributed by atoms with van der Waals surface area (Å²) in [5, 5.41) is 0. The van der Waals surface area contributed by atoms with Crippen LogP contribution in [0.4, 0.5) is 4.39 Å². The molecule has 0 saturated heterocycles. The predicted octanol–water partition coefficient (Wildman–Crippen LogP) is 3.10. The zero-order valence-electron chi connectivity index (χ0n) is 19.4. The summed E-state index contributed by atoms with van der Waals surface area (Å²) in [4.78, 5) is 24.8. The molecule has 4 aromatic rings. The molecule has 182 valence electrons. The number of hydrogen-bond donors (Lipinski definition) is 0. The molecule has 0 bridgehead atoms. The summed E-state index contributed by atoms with van der Waals surface area (Å²) in [7, 11) is 0.381. The van der Waals surface area contributed by atoms with Gasteiger partial charge in [-0.3, -0.25) is 13.9 Å². The van der Waals surface area contributed by atoms with Crippen molar-refractivity contribution in [2.24, 2.45) is 14.1 Å². The second-order valence-corrected chi connectivity index (χ2v) is 10.2. The third-order valence-corrected chi connectivity index (χ3v) is 7.61. The second-order valence-electron chi connectivity index (χ2n) is 8.15. The highest BCUT2D eigenvalue weighted by atomic mass is 32.2. The third-order valence-electron chi connectivity index (χ3n) is 5.81. The zero-order chi connectivity index (χ0) is 25.3. The Morgan fingerprint density at radius 3 is 2.34 bits per heavy atom. The van der Waals surface area contributed by atoms with Gasteiger partial charge in [0.15, 0.2) is 17.3 Å². The van der Waals surface area contributed by atoms with Gasteiger partial charge < -0.3 is 4.74 Å². The average molecular weight is 498 g/mol. The van der Waals surface area contributed by atoms with Gasteiger partial charge in [0, 0.05) is 26.7 Å². The highest BCUT2D eigenvalue weighted by Gasteiger charge is 2.25. The van der Waals surface area contributed by atoms with Gasteiger partial charge in [0.05, 0.1) is 22.5 Å². The molecule has 0 unspecified atom stereocenters. The van der Waals surface area contributed by atoms with Crippen molar-refractivity contribution in [2.45, 2.75) is 11.5 Å². The van der Waals surface area contributed by atoms with Crippen LogP contribution in [-0.4, -0.2) is 41.2 Å². The Labute approximate surface area is 201 Å². The summed E-state index contributed by atoms with van der Waals surface area (Å²) >= 11 is 0. The number of halogens is 1. The number of benzene rings is 3. The van der Waals surface area contributed by atoms with E-state index in [0.717, 1.165) is 15.9 Å². The fraction of sp³-hybridized carbons (Fsp3) is 0.200. The first-order valence-corrected chi connectivity index (χ1v) is 12.1. The fourth-order valence-corrected chi connectivity index (χ4v) is 4.88. The molecule has 10 heteroatoms. The molecule has 0 spiro atoms. The lowest BCUT2D eigenvalue weighted by Crippen LogP contribution is -2.32. The number of carbonyl (C=O) groups is 1. The number of likely N-dealkylation sites (N-methyl/N-ethyl adjacent to an activating group) is 1. The molecule has 0 radical (unpaired) electrons. The van der Waals surface area contributed by atoms with E-state index < -0.39 is 28.2 Å². The first-order chi connectivity index (χ1) is 16.6. The summed E-state index contributed by atoms with van der Waals surface area (Å²) in [6, 6.07) is 17.4. The maximum atomic E-state index is 14.5. The lowest BCUT2D eigenvalue weighted by molar-refractivity contribution is 0.0972. The molecule has 35 heavy (non-hydrogen) atoms. The van der Waals surface area contributed by atoms with Crippen LogP contribution in [0, 0.1) is 5.82 Å². The van der Waals surface area contributed by atoms with Gasteiger partial charge in [0.1, 0.15) is 6.61 Å². The van der Waals surface area contributed by atoms with Crippen molar-refractivity contribution in [2.75, 3.05) is 13.6 Å². The van der Waals surface area contributed by atoms with Gasteiger partial charge in [-0.25, -0.2) is 17.6 Å². The molecule has 0 fully saturated rings. The van der Waals surface area contributed by atoms with Crippen molar-refractivity contribution in [1.82, 2.24) is 13.4 Å². The van der Waals surface area contributed by atoms with Crippen molar-refractivity contribution in [1.29, 1.82) is 0 Å². The van der Waals surface area contributed by atoms with E-state index >= 15 is 0 Å². The van der Waals surface area contributed by atoms with E-state index in [9.17, 15) is 22.4 Å². The molecule has 0 aliphatic heterocycles. The van der Waals surface area contributed by atoms with Crippen LogP contribution in [0.3, 0.4) is 0 Å². The van der Waals surface area contributed by atoms with Crippen LogP contribution >= 0.6 is 0 Å². The molecule has 0 atom stereocenters. The minimum atomic E-state index is -4.04. The van der Waals surface area contributed by atoms with Gasteiger partial charge in [-0.15, -0.1) is 0 Å². The summed E-state index contributed by atoms with van der Waals surface area (Å²) < 4.78 is 49.8. The number of rotatable bonds is 8. The Hall–Kier alpha value is -3.76. The van der Waals surface area contributed by atoms with Crippen molar-refractivity contribution >= 4 is 26.8 Å². The highest BCUT2D eigenvalue weighted by Crippen LogP contribution is 2.23. The summed E-state index contributed by atoms with van der Waals surface area (Å²) in [6.45, 7) is -0.318. The van der Waals surface area contributed by atoms with Gasteiger partial charge in [-0.05, 0) is 42.0 Å². The van der Waals surface area contributed by atoms with E-state index in [1.54, 1.807) is 20.2 Å². The Balaban J connectivity index is 1.49. The Morgan fingerprint density at radius 2 is 1.66 bits per heavy atom. The van der Waals surface area contributed by atoms with Crippen LogP contribution in [-0.2, 0) is 30.7 Å². The van der Waals surface area contributed by atoms with E-state index in [2.05, 4.69) is 0 Å². The zero-order valence-corrected chi connectivity index (χ0v) is 20.3. The molecule has 0 N–H and O–H groups in total. The Morgan fingerprint density at radius 1 is 0.971 bits per heavy atom. The minimum absolute atomic E-state index is 0.00634. The molecule has 1 heterocycles. The van der Waals surface area contributed by atoms with Gasteiger partial charge in [-0.2, -0.15) is 4.31 Å². The van der Waals surface area contributed by atoms with Crippen LogP contribution in [0.2, 0.25) is 0 Å². The Bertz CT molecular complexity index is 1580. The van der Waals surface area contributed by atoms with Gasteiger partial charge in [0.25, 0.3) is 0 Å². The van der Waals surface area contributed by atoms with E-state index in [-0.39, 0.29) is 28.5 Å². The molecule has 4 rings (SSSR count). The second kappa shape index (κ2) is 9.47. The number of hydrogen-bond acceptors (Lipinski definition) is 5. The number of carbonyl (C=O) groups excluding carboxylic acids is 1. The highest BCUT2D eigenvalue weighted by molar-refractivity contribution is 7.89. The molecule has 0 saturated carbocycles. The fourth-order valence-electron chi connectivity index (χ4n) is 3.73. The van der Waals surface area contributed by atoms with Crippen molar-refractivity contribution in [3.05, 3.63) is 94.2 Å². The van der Waals surface area contributed by atoms with Crippen LogP contribution < -0.4 is 10.4 Å². The van der Waals surface area contributed by atoms with Crippen molar-refractivity contribution in [3.63, 3.8) is 0 Å². The van der Waals surface area contributed by atoms with Gasteiger partial charge in [-0.1, -0.05) is 30.3 Å². The minimum Gasteiger partial charge on any atom is -0.486 e. The number of nitrogens with zero attached hydrogens (tertiary/aromatic N) is 3. The molecule has 0 amide bonds. The van der Waals surface area contributed by atoms with E-state index in [1.807, 2.05) is 30.3 Å². The number of ketones is 1.